The first-order chi connectivity index (χ1) is 10.2. The molecule has 0 aromatic carbocycles. The topological polar surface area (TPSA) is 42.4 Å². The van der Waals surface area contributed by atoms with E-state index in [0.29, 0.717) is 6.42 Å². The minimum absolute atomic E-state index is 0.0746. The lowest BCUT2D eigenvalue weighted by atomic mass is 10.0. The zero-order valence-electron chi connectivity index (χ0n) is 12.2. The molecule has 0 unspecified atom stereocenters. The van der Waals surface area contributed by atoms with E-state index in [4.69, 9.17) is 4.74 Å². The van der Waals surface area contributed by atoms with Crippen LogP contribution in [0.15, 0.2) is 12.1 Å². The number of ether oxygens (including phenoxy) is 1. The zero-order valence-corrected chi connectivity index (χ0v) is 13.9. The van der Waals surface area contributed by atoms with Crippen molar-refractivity contribution in [1.29, 1.82) is 0 Å². The number of rotatable bonds is 4. The maximum absolute atomic E-state index is 12.4. The highest BCUT2D eigenvalue weighted by Crippen LogP contribution is 2.32. The van der Waals surface area contributed by atoms with Crippen molar-refractivity contribution >= 4 is 33.7 Å². The fourth-order valence-corrected chi connectivity index (χ4v) is 4.36. The Kier molecular flexibility index (Phi) is 4.26. The molecule has 1 aliphatic rings. The molecule has 0 bridgehead atoms. The Morgan fingerprint density at radius 1 is 1.33 bits per heavy atom. The molecule has 2 aromatic rings. The van der Waals surface area contributed by atoms with Gasteiger partial charge in [-0.1, -0.05) is 0 Å². The van der Waals surface area contributed by atoms with Gasteiger partial charge in [-0.2, -0.15) is 0 Å². The van der Waals surface area contributed by atoms with Crippen molar-refractivity contribution in [3.8, 4) is 5.06 Å². The van der Waals surface area contributed by atoms with Crippen LogP contribution in [0.1, 0.15) is 28.3 Å². The molecule has 0 fully saturated rings. The highest BCUT2D eigenvalue weighted by molar-refractivity contribution is 7.16. The molecule has 0 saturated heterocycles. The van der Waals surface area contributed by atoms with Crippen LogP contribution in [0.25, 0.3) is 0 Å². The molecule has 21 heavy (non-hydrogen) atoms. The van der Waals surface area contributed by atoms with E-state index in [1.807, 2.05) is 19.2 Å². The molecular formula is C15H18N2O2S2. The van der Waals surface area contributed by atoms with Crippen molar-refractivity contribution in [1.82, 2.24) is 4.98 Å². The van der Waals surface area contributed by atoms with E-state index >= 15 is 0 Å². The number of carbonyl (C=O) groups is 1. The molecule has 0 aliphatic heterocycles. The summed E-state index contributed by atoms with van der Waals surface area (Å²) in [7, 11) is 3.46. The number of hydrogen-bond donors (Lipinski definition) is 0. The van der Waals surface area contributed by atoms with Crippen LogP contribution >= 0.6 is 22.7 Å². The van der Waals surface area contributed by atoms with Gasteiger partial charge in [0.2, 0.25) is 5.91 Å². The van der Waals surface area contributed by atoms with E-state index in [1.165, 1.54) is 34.7 Å². The predicted molar refractivity (Wildman–Crippen MR) is 86.7 cm³/mol. The van der Waals surface area contributed by atoms with Crippen LogP contribution in [0.5, 0.6) is 5.06 Å². The Morgan fingerprint density at radius 3 is 2.86 bits per heavy atom. The molecule has 0 N–H and O–H groups in total. The van der Waals surface area contributed by atoms with E-state index in [1.54, 1.807) is 23.3 Å². The Balaban J connectivity index is 1.70. The Morgan fingerprint density at radius 2 is 2.14 bits per heavy atom. The molecule has 0 saturated carbocycles. The van der Waals surface area contributed by atoms with Crippen molar-refractivity contribution < 1.29 is 9.53 Å². The van der Waals surface area contributed by atoms with Crippen molar-refractivity contribution in [3.05, 3.63) is 27.6 Å². The molecule has 4 nitrogen and oxygen atoms in total. The second-order valence-electron chi connectivity index (χ2n) is 5.13. The highest BCUT2D eigenvalue weighted by atomic mass is 32.1. The van der Waals surface area contributed by atoms with Crippen LogP contribution in [-0.2, 0) is 24.1 Å². The number of fused-ring (bicyclic) bond motifs is 1. The van der Waals surface area contributed by atoms with E-state index in [-0.39, 0.29) is 5.91 Å². The van der Waals surface area contributed by atoms with Gasteiger partial charge in [0.15, 0.2) is 10.2 Å². The molecule has 112 valence electrons. The van der Waals surface area contributed by atoms with Crippen molar-refractivity contribution in [2.75, 3.05) is 19.1 Å². The number of thiazole rings is 1. The summed E-state index contributed by atoms with van der Waals surface area (Å²) in [6.07, 6.45) is 5.01. The Hall–Kier alpha value is -1.40. The van der Waals surface area contributed by atoms with Gasteiger partial charge in [0.1, 0.15) is 0 Å². The average molecular weight is 322 g/mol. The number of aryl methyl sites for hydroxylation is 2. The normalized spacial score (nSPS) is 13.8. The first-order valence-corrected chi connectivity index (χ1v) is 8.68. The molecule has 2 aromatic heterocycles. The number of methoxy groups -OCH3 is 1. The molecular weight excluding hydrogens is 304 g/mol. The molecule has 2 heterocycles. The number of hydrogen-bond acceptors (Lipinski definition) is 5. The second kappa shape index (κ2) is 6.15. The SMILES string of the molecule is COc1ccc(CC(=O)N(C)c2nc3c(s2)CCCC3)s1. The Labute approximate surface area is 132 Å². The minimum atomic E-state index is 0.0746. The van der Waals surface area contributed by atoms with Crippen LogP contribution in [0, 0.1) is 0 Å². The van der Waals surface area contributed by atoms with Gasteiger partial charge < -0.3 is 4.74 Å². The molecule has 0 spiro atoms. The van der Waals surface area contributed by atoms with Gasteiger partial charge in [0, 0.05) is 16.8 Å². The third-order valence-corrected chi connectivity index (χ3v) is 5.94. The minimum Gasteiger partial charge on any atom is -0.487 e. The van der Waals surface area contributed by atoms with Gasteiger partial charge in [0.25, 0.3) is 0 Å². The number of carbonyl (C=O) groups excluding carboxylic acids is 1. The first kappa shape index (κ1) is 14.5. The summed E-state index contributed by atoms with van der Waals surface area (Å²) in [5, 5.41) is 1.67. The lowest BCUT2D eigenvalue weighted by Gasteiger charge is -2.12. The standard InChI is InChI=1S/C15H18N2O2S2/c1-17(13(18)9-10-7-8-14(19-2)20-10)15-16-11-5-3-4-6-12(11)21-15/h7-8H,3-6,9H2,1-2H3. The maximum atomic E-state index is 12.4. The number of aromatic nitrogens is 1. The van der Waals surface area contributed by atoms with Crippen molar-refractivity contribution in [2.45, 2.75) is 32.1 Å². The van der Waals surface area contributed by atoms with Gasteiger partial charge in [-0.25, -0.2) is 4.98 Å². The molecule has 6 heteroatoms. The van der Waals surface area contributed by atoms with Gasteiger partial charge in [0.05, 0.1) is 19.2 Å². The number of anilines is 1. The van der Waals surface area contributed by atoms with E-state index in [9.17, 15) is 4.79 Å². The summed E-state index contributed by atoms with van der Waals surface area (Å²) in [4.78, 5) is 21.1. The van der Waals surface area contributed by atoms with Crippen molar-refractivity contribution in [2.24, 2.45) is 0 Å². The molecule has 0 atom stereocenters. The number of thiophene rings is 1. The van der Waals surface area contributed by atoms with Gasteiger partial charge in [-0.15, -0.1) is 22.7 Å². The highest BCUT2D eigenvalue weighted by Gasteiger charge is 2.20. The average Bonchev–Trinajstić information content (AvgIpc) is 3.12. The first-order valence-electron chi connectivity index (χ1n) is 7.05. The molecule has 0 radical (unpaired) electrons. The van der Waals surface area contributed by atoms with Gasteiger partial charge >= 0.3 is 0 Å². The van der Waals surface area contributed by atoms with Crippen molar-refractivity contribution in [3.63, 3.8) is 0 Å². The van der Waals surface area contributed by atoms with Crippen LogP contribution in [0.4, 0.5) is 5.13 Å². The number of nitrogens with zero attached hydrogens (tertiary/aromatic N) is 2. The summed E-state index contributed by atoms with van der Waals surface area (Å²) >= 11 is 3.18. The largest absolute Gasteiger partial charge is 0.487 e. The number of likely N-dealkylation sites (N-methyl/N-ethyl adjacent to an activating group) is 1. The summed E-state index contributed by atoms with van der Waals surface area (Å²) in [6, 6.07) is 3.84. The second-order valence-corrected chi connectivity index (χ2v) is 7.32. The summed E-state index contributed by atoms with van der Waals surface area (Å²) in [6.45, 7) is 0. The smallest absolute Gasteiger partial charge is 0.233 e. The molecule has 1 aliphatic carbocycles. The van der Waals surface area contributed by atoms with E-state index in [0.717, 1.165) is 27.9 Å². The third-order valence-electron chi connectivity index (χ3n) is 3.66. The van der Waals surface area contributed by atoms with Crippen LogP contribution in [-0.4, -0.2) is 25.0 Å². The van der Waals surface area contributed by atoms with Crippen LogP contribution < -0.4 is 9.64 Å². The van der Waals surface area contributed by atoms with Gasteiger partial charge in [-0.3, -0.25) is 9.69 Å². The summed E-state index contributed by atoms with van der Waals surface area (Å²) < 4.78 is 5.16. The van der Waals surface area contributed by atoms with Crippen LogP contribution in [0.3, 0.4) is 0 Å². The summed E-state index contributed by atoms with van der Waals surface area (Å²) in [5.74, 6) is 0.0746. The third kappa shape index (κ3) is 3.11. The molecule has 3 rings (SSSR count). The van der Waals surface area contributed by atoms with E-state index in [2.05, 4.69) is 4.98 Å². The van der Waals surface area contributed by atoms with Crippen LogP contribution in [0.2, 0.25) is 0 Å². The Bertz CT molecular complexity index is 624. The fraction of sp³-hybridized carbons (Fsp3) is 0.467. The summed E-state index contributed by atoms with van der Waals surface area (Å²) in [5.41, 5.74) is 1.19. The lowest BCUT2D eigenvalue weighted by Crippen LogP contribution is -2.27. The lowest BCUT2D eigenvalue weighted by molar-refractivity contribution is -0.117. The fourth-order valence-electron chi connectivity index (χ4n) is 2.42. The zero-order chi connectivity index (χ0) is 14.8. The predicted octanol–water partition coefficient (Wildman–Crippen LogP) is 3.30. The van der Waals surface area contributed by atoms with Gasteiger partial charge in [-0.05, 0) is 37.8 Å². The monoisotopic (exact) mass is 322 g/mol. The number of amides is 1. The molecule has 1 amide bonds. The van der Waals surface area contributed by atoms with E-state index < -0.39 is 0 Å². The quantitative estimate of drug-likeness (QED) is 0.867. The maximum Gasteiger partial charge on any atom is 0.233 e.